The predicted octanol–water partition coefficient (Wildman–Crippen LogP) is 3.85. The van der Waals surface area contributed by atoms with Crippen molar-refractivity contribution in [3.63, 3.8) is 0 Å². The van der Waals surface area contributed by atoms with Gasteiger partial charge >= 0.3 is 6.09 Å². The van der Waals surface area contributed by atoms with Gasteiger partial charge in [0.15, 0.2) is 5.82 Å². The maximum Gasteiger partial charge on any atom is 0.404 e. The summed E-state index contributed by atoms with van der Waals surface area (Å²) in [7, 11) is 0. The van der Waals surface area contributed by atoms with E-state index in [2.05, 4.69) is 15.5 Å². The number of benzene rings is 2. The summed E-state index contributed by atoms with van der Waals surface area (Å²) < 4.78 is 29.8. The molecule has 0 radical (unpaired) electrons. The van der Waals surface area contributed by atoms with Crippen molar-refractivity contribution in [3.8, 4) is 11.4 Å². The topological polar surface area (TPSA) is 139 Å². The number of ether oxygens (including phenoxy) is 5. The fourth-order valence-corrected chi connectivity index (χ4v) is 4.43. The molecule has 0 spiro atoms. The Hall–Kier alpha value is -3.55. The van der Waals surface area contributed by atoms with Gasteiger partial charge in [0.1, 0.15) is 24.2 Å². The summed E-state index contributed by atoms with van der Waals surface area (Å²) in [5.74, 6) is 2.28. The molecule has 2 heterocycles. The first kappa shape index (κ1) is 31.4. The Morgan fingerprint density at radius 1 is 0.905 bits per heavy atom. The van der Waals surface area contributed by atoms with Crippen LogP contribution < -0.4 is 10.1 Å². The molecule has 1 aromatic heterocycles. The van der Waals surface area contributed by atoms with Gasteiger partial charge in [-0.2, -0.15) is 0 Å². The van der Waals surface area contributed by atoms with Crippen LogP contribution in [0.25, 0.3) is 5.69 Å². The van der Waals surface area contributed by atoms with Gasteiger partial charge in [0.05, 0.1) is 64.3 Å². The second-order valence-electron chi connectivity index (χ2n) is 9.31. The summed E-state index contributed by atoms with van der Waals surface area (Å²) in [4.78, 5) is 15.3. The van der Waals surface area contributed by atoms with Gasteiger partial charge in [-0.15, -0.1) is 10.2 Å². The number of rotatable bonds is 17. The summed E-state index contributed by atoms with van der Waals surface area (Å²) in [5, 5.41) is 20.0. The van der Waals surface area contributed by atoms with E-state index in [1.807, 2.05) is 60.9 Å². The minimum absolute atomic E-state index is 0.190. The van der Waals surface area contributed by atoms with Crippen molar-refractivity contribution in [3.05, 3.63) is 70.3 Å². The van der Waals surface area contributed by atoms with E-state index in [1.54, 1.807) is 0 Å². The van der Waals surface area contributed by atoms with Crippen LogP contribution in [0.1, 0.15) is 35.7 Å². The highest BCUT2D eigenvalue weighted by Crippen LogP contribution is 2.33. The lowest BCUT2D eigenvalue weighted by atomic mass is 10.00. The average Bonchev–Trinajstić information content (AvgIpc) is 3.31. The number of fused-ring (bicyclic) bond motifs is 3. The van der Waals surface area contributed by atoms with Crippen molar-refractivity contribution in [2.24, 2.45) is 4.99 Å². The van der Waals surface area contributed by atoms with Crippen LogP contribution in [0.4, 0.5) is 4.79 Å². The molecule has 13 heteroatoms. The molecule has 0 aliphatic carbocycles. The van der Waals surface area contributed by atoms with Gasteiger partial charge in [-0.25, -0.2) is 4.79 Å². The number of aromatic nitrogens is 3. The first-order valence-electron chi connectivity index (χ1n) is 13.7. The largest absolute Gasteiger partial charge is 0.491 e. The van der Waals surface area contributed by atoms with Crippen molar-refractivity contribution in [1.29, 1.82) is 0 Å². The van der Waals surface area contributed by atoms with Crippen LogP contribution in [0.2, 0.25) is 5.02 Å². The first-order chi connectivity index (χ1) is 20.4. The van der Waals surface area contributed by atoms with E-state index in [9.17, 15) is 4.79 Å². The van der Waals surface area contributed by atoms with Crippen molar-refractivity contribution in [2.45, 2.75) is 19.9 Å². The van der Waals surface area contributed by atoms with Crippen molar-refractivity contribution in [2.75, 3.05) is 66.0 Å². The highest BCUT2D eigenvalue weighted by molar-refractivity contribution is 6.30. The molecule has 1 aliphatic heterocycles. The molecule has 1 aliphatic rings. The average molecular weight is 602 g/mol. The predicted molar refractivity (Wildman–Crippen MR) is 156 cm³/mol. The number of carbonyl (C=O) groups is 1. The van der Waals surface area contributed by atoms with Crippen molar-refractivity contribution in [1.82, 2.24) is 20.1 Å². The normalized spacial score (nSPS) is 14.1. The molecule has 42 heavy (non-hydrogen) atoms. The lowest BCUT2D eigenvalue weighted by Crippen LogP contribution is -2.25. The van der Waals surface area contributed by atoms with Crippen LogP contribution in [-0.2, 0) is 18.9 Å². The smallest absolute Gasteiger partial charge is 0.404 e. The van der Waals surface area contributed by atoms with Gasteiger partial charge in [0, 0.05) is 22.7 Å². The van der Waals surface area contributed by atoms with Crippen molar-refractivity contribution >= 4 is 23.4 Å². The van der Waals surface area contributed by atoms with Crippen LogP contribution in [0.15, 0.2) is 47.5 Å². The van der Waals surface area contributed by atoms with Gasteiger partial charge in [0.2, 0.25) is 0 Å². The molecule has 12 nitrogen and oxygen atoms in total. The molecule has 1 unspecified atom stereocenters. The van der Waals surface area contributed by atoms with E-state index in [-0.39, 0.29) is 12.6 Å². The molecular weight excluding hydrogens is 566 g/mol. The molecule has 0 fully saturated rings. The van der Waals surface area contributed by atoms with E-state index < -0.39 is 6.09 Å². The van der Waals surface area contributed by atoms with Gasteiger partial charge in [-0.05, 0) is 44.2 Å². The number of hydrogen-bond acceptors (Lipinski definition) is 9. The quantitative estimate of drug-likeness (QED) is 0.221. The van der Waals surface area contributed by atoms with Crippen LogP contribution in [0.5, 0.6) is 5.75 Å². The van der Waals surface area contributed by atoms with E-state index in [0.717, 1.165) is 34.2 Å². The molecule has 0 saturated heterocycles. The Morgan fingerprint density at radius 2 is 1.52 bits per heavy atom. The van der Waals surface area contributed by atoms with Crippen molar-refractivity contribution < 1.29 is 33.6 Å². The fourth-order valence-electron chi connectivity index (χ4n) is 4.31. The summed E-state index contributed by atoms with van der Waals surface area (Å²) in [6.45, 7) is 7.87. The first-order valence-corrected chi connectivity index (χ1v) is 14.1. The lowest BCUT2D eigenvalue weighted by Gasteiger charge is -2.15. The second kappa shape index (κ2) is 16.2. The highest BCUT2D eigenvalue weighted by Gasteiger charge is 2.26. The number of amides is 1. The Bertz CT molecular complexity index is 1330. The molecule has 0 saturated carbocycles. The number of nitrogens with one attached hydrogen (secondary N) is 1. The van der Waals surface area contributed by atoms with E-state index in [4.69, 9.17) is 45.4 Å². The molecule has 3 aromatic rings. The van der Waals surface area contributed by atoms with Gasteiger partial charge < -0.3 is 34.1 Å². The highest BCUT2D eigenvalue weighted by atomic mass is 35.5. The lowest BCUT2D eigenvalue weighted by molar-refractivity contribution is -0.00421. The summed E-state index contributed by atoms with van der Waals surface area (Å²) in [6, 6.07) is 13.4. The minimum Gasteiger partial charge on any atom is -0.491 e. The van der Waals surface area contributed by atoms with Crippen LogP contribution in [-0.4, -0.2) is 97.7 Å². The number of aryl methyl sites for hydroxylation is 1. The van der Waals surface area contributed by atoms with Gasteiger partial charge in [-0.3, -0.25) is 9.56 Å². The second-order valence-corrected chi connectivity index (χ2v) is 9.75. The van der Waals surface area contributed by atoms with Gasteiger partial charge in [-0.1, -0.05) is 23.7 Å². The number of halogens is 1. The van der Waals surface area contributed by atoms with E-state index in [1.165, 1.54) is 0 Å². The van der Waals surface area contributed by atoms with Crippen LogP contribution in [0, 0.1) is 6.92 Å². The van der Waals surface area contributed by atoms with Crippen LogP contribution >= 0.6 is 11.6 Å². The molecule has 0 bridgehead atoms. The maximum absolute atomic E-state index is 10.3. The summed E-state index contributed by atoms with van der Waals surface area (Å²) in [5.41, 5.74) is 3.65. The zero-order valence-electron chi connectivity index (χ0n) is 23.8. The number of hydrogen-bond donors (Lipinski definition) is 2. The Morgan fingerprint density at radius 3 is 2.17 bits per heavy atom. The molecule has 1 atom stereocenters. The van der Waals surface area contributed by atoms with Gasteiger partial charge in [0.25, 0.3) is 0 Å². The molecule has 1 amide bonds. The number of nitrogens with zero attached hydrogens (tertiary/aromatic N) is 4. The Labute approximate surface area is 249 Å². The fraction of sp³-hybridized carbons (Fsp3) is 0.448. The molecule has 2 N–H and O–H groups in total. The molecule has 2 aromatic carbocycles. The minimum atomic E-state index is -1.06. The van der Waals surface area contributed by atoms with E-state index in [0.29, 0.717) is 70.2 Å². The zero-order valence-corrected chi connectivity index (χ0v) is 24.5. The third-order valence-electron chi connectivity index (χ3n) is 6.26. The number of carboxylic acid groups (broad SMARTS) is 1. The maximum atomic E-state index is 10.3. The monoisotopic (exact) mass is 601 g/mol. The SMILES string of the molecule is Cc1nnc2n1-c1ccc(OCCOCCOCCOCCOCCNC(=O)O)cc1C(c1ccc(Cl)cc1)=NC2C. The molecule has 226 valence electrons. The van der Waals surface area contributed by atoms with E-state index >= 15 is 0 Å². The molecular formula is C29H36ClN5O7. The molecule has 4 rings (SSSR count). The summed E-state index contributed by atoms with van der Waals surface area (Å²) >= 11 is 6.15. The third kappa shape index (κ3) is 8.97. The van der Waals surface area contributed by atoms with Crippen LogP contribution in [0.3, 0.4) is 0 Å². The standard InChI is InChI=1S/C29H36ClN5O7/c1-20-28-34-33-21(2)35(28)26-8-7-24(19-25(26)27(32-20)22-3-5-23(30)6-4-22)42-18-17-41-16-15-40-14-13-39-12-11-38-10-9-31-29(36)37/h3-8,19-20,31H,9-18H2,1-2H3,(H,36,37). The number of aliphatic imine (C=N–C) groups is 1. The zero-order chi connectivity index (χ0) is 29.7. The Kier molecular flexibility index (Phi) is 12.1. The Balaban J connectivity index is 1.20. The third-order valence-corrected chi connectivity index (χ3v) is 6.52. The summed E-state index contributed by atoms with van der Waals surface area (Å²) in [6.07, 6.45) is -1.06.